The molecule has 2 heterocycles. The normalized spacial score (nSPS) is 11.0. The second-order valence-electron chi connectivity index (χ2n) is 6.17. The van der Waals surface area contributed by atoms with Crippen molar-refractivity contribution in [2.45, 2.75) is 66.3 Å². The number of ether oxygens (including phenoxy) is 1. The quantitative estimate of drug-likeness (QED) is 0.761. The number of hydrogen-bond donors (Lipinski definition) is 1. The van der Waals surface area contributed by atoms with E-state index in [-0.39, 0.29) is 0 Å². The third kappa shape index (κ3) is 4.27. The second-order valence-corrected chi connectivity index (χ2v) is 6.17. The fourth-order valence-electron chi connectivity index (χ4n) is 2.92. The van der Waals surface area contributed by atoms with Gasteiger partial charge in [0.05, 0.1) is 29.9 Å². The lowest BCUT2D eigenvalue weighted by molar-refractivity contribution is 0.397. The Morgan fingerprint density at radius 3 is 2.16 bits per heavy atom. The van der Waals surface area contributed by atoms with Gasteiger partial charge >= 0.3 is 0 Å². The van der Waals surface area contributed by atoms with Crippen molar-refractivity contribution in [1.82, 2.24) is 15.0 Å². The Morgan fingerprint density at radius 2 is 1.64 bits per heavy atom. The summed E-state index contributed by atoms with van der Waals surface area (Å²) in [6, 6.07) is 4.34. The Hall–Kier alpha value is -2.17. The van der Waals surface area contributed by atoms with Gasteiger partial charge in [-0.2, -0.15) is 0 Å². The minimum absolute atomic E-state index is 0.430. The molecule has 0 aliphatic carbocycles. The van der Waals surface area contributed by atoms with Crippen molar-refractivity contribution in [2.75, 3.05) is 12.4 Å². The van der Waals surface area contributed by atoms with E-state index in [9.17, 15) is 0 Å². The third-order valence-electron chi connectivity index (χ3n) is 4.56. The van der Waals surface area contributed by atoms with Crippen LogP contribution in [0.4, 0.5) is 5.82 Å². The first-order valence-corrected chi connectivity index (χ1v) is 9.26. The van der Waals surface area contributed by atoms with Gasteiger partial charge in [0.25, 0.3) is 0 Å². The van der Waals surface area contributed by atoms with E-state index in [1.165, 1.54) is 0 Å². The molecule has 2 aromatic rings. The van der Waals surface area contributed by atoms with Crippen molar-refractivity contribution in [3.8, 4) is 17.1 Å². The molecule has 0 atom stereocenters. The van der Waals surface area contributed by atoms with Crippen LogP contribution in [0.15, 0.2) is 12.1 Å². The minimum atomic E-state index is 0.430. The van der Waals surface area contributed by atoms with Gasteiger partial charge < -0.3 is 10.1 Å². The molecule has 1 N–H and O–H groups in total. The number of pyridine rings is 1. The Kier molecular flexibility index (Phi) is 6.73. The zero-order valence-corrected chi connectivity index (χ0v) is 16.3. The lowest BCUT2D eigenvalue weighted by Crippen LogP contribution is -2.20. The molecule has 0 aliphatic rings. The predicted molar refractivity (Wildman–Crippen MR) is 103 cm³/mol. The Balaban J connectivity index is 2.52. The van der Waals surface area contributed by atoms with Crippen LogP contribution in [0.2, 0.25) is 0 Å². The average molecular weight is 342 g/mol. The van der Waals surface area contributed by atoms with Crippen LogP contribution in [-0.4, -0.2) is 28.1 Å². The molecule has 0 amide bonds. The summed E-state index contributed by atoms with van der Waals surface area (Å²) in [5.74, 6) is 1.55. The number of hydrogen-bond acceptors (Lipinski definition) is 5. The molecule has 0 saturated heterocycles. The van der Waals surface area contributed by atoms with Gasteiger partial charge in [-0.1, -0.05) is 27.7 Å². The van der Waals surface area contributed by atoms with Crippen molar-refractivity contribution >= 4 is 5.82 Å². The van der Waals surface area contributed by atoms with Gasteiger partial charge in [-0.25, -0.2) is 15.0 Å². The molecular weight excluding hydrogens is 312 g/mol. The highest BCUT2D eigenvalue weighted by Gasteiger charge is 2.17. The van der Waals surface area contributed by atoms with Crippen molar-refractivity contribution < 1.29 is 4.74 Å². The lowest BCUT2D eigenvalue weighted by Gasteiger charge is -2.20. The van der Waals surface area contributed by atoms with Gasteiger partial charge in [0.15, 0.2) is 0 Å². The second kappa shape index (κ2) is 8.79. The number of nitrogens with zero attached hydrogens (tertiary/aromatic N) is 3. The maximum Gasteiger partial charge on any atom is 0.213 e. The molecule has 0 spiro atoms. The molecule has 0 radical (unpaired) electrons. The van der Waals surface area contributed by atoms with Crippen molar-refractivity contribution in [3.05, 3.63) is 29.2 Å². The highest BCUT2D eigenvalue weighted by molar-refractivity contribution is 5.66. The van der Waals surface area contributed by atoms with Gasteiger partial charge in [-0.05, 0) is 38.7 Å². The summed E-state index contributed by atoms with van der Waals surface area (Å²) in [6.07, 6.45) is 3.82. The van der Waals surface area contributed by atoms with Crippen LogP contribution in [-0.2, 0) is 12.8 Å². The maximum atomic E-state index is 5.22. The van der Waals surface area contributed by atoms with E-state index >= 15 is 0 Å². The lowest BCUT2D eigenvalue weighted by atomic mass is 10.1. The molecule has 0 aliphatic heterocycles. The van der Waals surface area contributed by atoms with Crippen LogP contribution in [0, 0.1) is 6.92 Å². The Bertz CT molecular complexity index is 711. The molecule has 5 nitrogen and oxygen atoms in total. The van der Waals surface area contributed by atoms with Gasteiger partial charge in [0, 0.05) is 17.7 Å². The topological polar surface area (TPSA) is 59.9 Å². The summed E-state index contributed by atoms with van der Waals surface area (Å²) in [5.41, 5.74) is 4.87. The number of aromatic nitrogens is 3. The van der Waals surface area contributed by atoms with E-state index in [4.69, 9.17) is 14.7 Å². The van der Waals surface area contributed by atoms with Gasteiger partial charge in [0.2, 0.25) is 5.88 Å². The molecule has 0 unspecified atom stereocenters. The smallest absolute Gasteiger partial charge is 0.213 e. The van der Waals surface area contributed by atoms with Gasteiger partial charge in [0.1, 0.15) is 5.82 Å². The first-order valence-electron chi connectivity index (χ1n) is 9.26. The zero-order valence-electron chi connectivity index (χ0n) is 16.3. The number of nitrogens with one attached hydrogen (secondary N) is 1. The van der Waals surface area contributed by atoms with E-state index in [0.29, 0.717) is 11.9 Å². The first-order chi connectivity index (χ1) is 12.1. The molecule has 136 valence electrons. The average Bonchev–Trinajstić information content (AvgIpc) is 2.65. The van der Waals surface area contributed by atoms with E-state index in [2.05, 4.69) is 38.0 Å². The summed E-state index contributed by atoms with van der Waals surface area (Å²) in [6.45, 7) is 10.6. The zero-order chi connectivity index (χ0) is 18.4. The molecular formula is C20H30N4O. The summed E-state index contributed by atoms with van der Waals surface area (Å²) in [5, 5.41) is 3.57. The van der Waals surface area contributed by atoms with Crippen molar-refractivity contribution in [3.63, 3.8) is 0 Å². The molecule has 2 rings (SSSR count). The maximum absolute atomic E-state index is 5.22. The summed E-state index contributed by atoms with van der Waals surface area (Å²) >= 11 is 0. The van der Waals surface area contributed by atoms with Crippen LogP contribution in [0.25, 0.3) is 11.3 Å². The first kappa shape index (κ1) is 19.2. The highest BCUT2D eigenvalue weighted by atomic mass is 16.5. The van der Waals surface area contributed by atoms with E-state index < -0.39 is 0 Å². The van der Waals surface area contributed by atoms with E-state index in [0.717, 1.165) is 59.8 Å². The summed E-state index contributed by atoms with van der Waals surface area (Å²) in [4.78, 5) is 14.4. The molecule has 0 fully saturated rings. The fraction of sp³-hybridized carbons (Fsp3) is 0.550. The Morgan fingerprint density at radius 1 is 0.960 bits per heavy atom. The molecule has 25 heavy (non-hydrogen) atoms. The highest BCUT2D eigenvalue weighted by Crippen LogP contribution is 2.28. The van der Waals surface area contributed by atoms with Crippen LogP contribution >= 0.6 is 0 Å². The van der Waals surface area contributed by atoms with Crippen LogP contribution in [0.5, 0.6) is 5.88 Å². The minimum Gasteiger partial charge on any atom is -0.481 e. The standard InChI is InChI=1S/C20H30N4O/c1-7-14(8-2)22-20-17(10-4)23-19(16(9-3)24-20)15-11-12-18(25-6)21-13(15)5/h11-12,14H,7-10H2,1-6H3,(H,22,24). The molecule has 0 saturated carbocycles. The largest absolute Gasteiger partial charge is 0.481 e. The molecule has 0 aromatic carbocycles. The number of methoxy groups -OCH3 is 1. The van der Waals surface area contributed by atoms with Gasteiger partial charge in [-0.3, -0.25) is 0 Å². The molecule has 2 aromatic heterocycles. The van der Waals surface area contributed by atoms with E-state index in [1.807, 2.05) is 19.1 Å². The van der Waals surface area contributed by atoms with Crippen LogP contribution < -0.4 is 10.1 Å². The SMILES string of the molecule is CCc1nc(-c2ccc(OC)nc2C)c(CC)nc1NC(CC)CC. The Labute approximate surface area is 151 Å². The molecule has 0 bridgehead atoms. The summed E-state index contributed by atoms with van der Waals surface area (Å²) in [7, 11) is 1.63. The van der Waals surface area contributed by atoms with Crippen LogP contribution in [0.1, 0.15) is 57.6 Å². The van der Waals surface area contributed by atoms with E-state index in [1.54, 1.807) is 7.11 Å². The van der Waals surface area contributed by atoms with Crippen LogP contribution in [0.3, 0.4) is 0 Å². The van der Waals surface area contributed by atoms with Gasteiger partial charge in [-0.15, -0.1) is 0 Å². The number of rotatable bonds is 8. The monoisotopic (exact) mass is 342 g/mol. The third-order valence-corrected chi connectivity index (χ3v) is 4.56. The predicted octanol–water partition coefficient (Wildman–Crippen LogP) is 4.58. The fourth-order valence-corrected chi connectivity index (χ4v) is 2.92. The summed E-state index contributed by atoms with van der Waals surface area (Å²) < 4.78 is 5.22. The van der Waals surface area contributed by atoms with Crippen molar-refractivity contribution in [2.24, 2.45) is 0 Å². The van der Waals surface area contributed by atoms with Crippen molar-refractivity contribution in [1.29, 1.82) is 0 Å². The number of aryl methyl sites for hydroxylation is 3. The molecule has 5 heteroatoms. The number of anilines is 1.